The van der Waals surface area contributed by atoms with E-state index in [4.69, 9.17) is 5.11 Å². The van der Waals surface area contributed by atoms with Crippen molar-refractivity contribution >= 4 is 11.9 Å². The lowest BCUT2D eigenvalue weighted by molar-refractivity contribution is -0.773. The van der Waals surface area contributed by atoms with Crippen molar-refractivity contribution in [1.82, 2.24) is 10.4 Å². The van der Waals surface area contributed by atoms with Crippen molar-refractivity contribution in [2.45, 2.75) is 26.3 Å². The summed E-state index contributed by atoms with van der Waals surface area (Å²) in [6, 6.07) is 1.38. The average Bonchev–Trinajstić information content (AvgIpc) is 2.28. The fourth-order valence-corrected chi connectivity index (χ4v) is 1.37. The molecule has 1 rings (SSSR count). The Balaban J connectivity index is 2.73. The molecule has 0 radical (unpaired) electrons. The molecular formula is C11H16N3O3+. The molecule has 0 saturated carbocycles. The first-order valence-corrected chi connectivity index (χ1v) is 5.42. The maximum atomic E-state index is 11.4. The van der Waals surface area contributed by atoms with Gasteiger partial charge in [0.2, 0.25) is 0 Å². The lowest BCUT2D eigenvalue weighted by Crippen LogP contribution is -2.42. The third kappa shape index (κ3) is 3.82. The van der Waals surface area contributed by atoms with E-state index in [1.165, 1.54) is 10.9 Å². The Morgan fingerprint density at radius 3 is 2.76 bits per heavy atom. The first-order valence-electron chi connectivity index (χ1n) is 5.42. The van der Waals surface area contributed by atoms with Crippen LogP contribution in [0.25, 0.3) is 0 Å². The average molecular weight is 238 g/mol. The van der Waals surface area contributed by atoms with E-state index in [2.05, 4.69) is 10.4 Å². The molecule has 1 atom stereocenters. The molecule has 17 heavy (non-hydrogen) atoms. The first kappa shape index (κ1) is 13.1. The predicted octanol–water partition coefficient (Wildman–Crippen LogP) is 0.154. The number of carboxylic acids is 1. The summed E-state index contributed by atoms with van der Waals surface area (Å²) in [4.78, 5) is 22.0. The van der Waals surface area contributed by atoms with Gasteiger partial charge in [-0.25, -0.2) is 0 Å². The summed E-state index contributed by atoms with van der Waals surface area (Å²) >= 11 is 0. The maximum Gasteiger partial charge on any atom is 0.310 e. The maximum absolute atomic E-state index is 11.4. The van der Waals surface area contributed by atoms with E-state index < -0.39 is 5.97 Å². The van der Waals surface area contributed by atoms with E-state index >= 15 is 0 Å². The summed E-state index contributed by atoms with van der Waals surface area (Å²) < 4.78 is 1.52. The van der Waals surface area contributed by atoms with Gasteiger partial charge < -0.3 is 10.4 Å². The molecule has 0 bridgehead atoms. The molecule has 1 aromatic rings. The van der Waals surface area contributed by atoms with Crippen molar-refractivity contribution in [2.24, 2.45) is 0 Å². The zero-order valence-corrected chi connectivity index (χ0v) is 9.88. The lowest BCUT2D eigenvalue weighted by Gasteiger charge is -2.03. The highest BCUT2D eigenvalue weighted by molar-refractivity contribution is 5.93. The van der Waals surface area contributed by atoms with Crippen LogP contribution < -0.4 is 10.00 Å². The summed E-state index contributed by atoms with van der Waals surface area (Å²) in [5.74, 6) is -1.06. The minimum absolute atomic E-state index is 0.00182. The molecule has 6 heteroatoms. The molecule has 0 saturated heterocycles. The highest BCUT2D eigenvalue weighted by atomic mass is 16.4. The van der Waals surface area contributed by atoms with Crippen LogP contribution in [0.5, 0.6) is 0 Å². The number of nitrogens with one attached hydrogen (secondary N) is 1. The summed E-state index contributed by atoms with van der Waals surface area (Å²) in [5.41, 5.74) is 0.464. The number of amides is 1. The molecule has 0 aliphatic carbocycles. The molecule has 2 N–H and O–H groups in total. The summed E-state index contributed by atoms with van der Waals surface area (Å²) in [6.45, 7) is 4.15. The molecule has 0 aliphatic heterocycles. The second-order valence-electron chi connectivity index (χ2n) is 3.70. The number of aromatic nitrogens is 2. The van der Waals surface area contributed by atoms with Crippen LogP contribution in [-0.2, 0) is 4.79 Å². The number of carboxylic acid groups (broad SMARTS) is 1. The van der Waals surface area contributed by atoms with Crippen LogP contribution in [0.2, 0.25) is 0 Å². The van der Waals surface area contributed by atoms with Gasteiger partial charge in [-0.1, -0.05) is 4.68 Å². The van der Waals surface area contributed by atoms with E-state index in [0.29, 0.717) is 12.1 Å². The van der Waals surface area contributed by atoms with Crippen LogP contribution in [0, 0.1) is 0 Å². The molecule has 0 aromatic carbocycles. The molecular weight excluding hydrogens is 222 g/mol. The van der Waals surface area contributed by atoms with Crippen molar-refractivity contribution in [3.63, 3.8) is 0 Å². The molecule has 1 amide bonds. The van der Waals surface area contributed by atoms with Crippen LogP contribution in [0.15, 0.2) is 18.5 Å². The smallest absolute Gasteiger partial charge is 0.310 e. The molecule has 1 heterocycles. The van der Waals surface area contributed by atoms with Gasteiger partial charge in [0.05, 0.1) is 5.56 Å². The molecule has 6 nitrogen and oxygen atoms in total. The highest BCUT2D eigenvalue weighted by Crippen LogP contribution is 2.00. The number of nitrogens with zero attached hydrogens (tertiary/aromatic N) is 2. The third-order valence-electron chi connectivity index (χ3n) is 2.26. The number of hydrogen-bond acceptors (Lipinski definition) is 3. The normalized spacial score (nSPS) is 11.9. The second kappa shape index (κ2) is 5.93. The lowest BCUT2D eigenvalue weighted by atomic mass is 10.2. The molecule has 0 aliphatic rings. The van der Waals surface area contributed by atoms with Crippen molar-refractivity contribution in [2.75, 3.05) is 6.54 Å². The largest absolute Gasteiger partial charge is 0.481 e. The SMILES string of the molecule is CCNC(=O)c1cc[n+](C(C)CC(=O)O)nc1. The molecule has 1 unspecified atom stereocenters. The summed E-state index contributed by atoms with van der Waals surface area (Å²) in [6.07, 6.45) is 3.04. The standard InChI is InChI=1S/C11H15N3O3/c1-3-12-11(17)9-4-5-14(13-7-9)8(2)6-10(15)16/h4-5,7-8H,3,6H2,1-2H3,(H-,12,15,16,17)/p+1. The Kier molecular flexibility index (Phi) is 4.56. The third-order valence-corrected chi connectivity index (χ3v) is 2.26. The Morgan fingerprint density at radius 1 is 1.59 bits per heavy atom. The number of rotatable bonds is 5. The Morgan fingerprint density at radius 2 is 2.29 bits per heavy atom. The van der Waals surface area contributed by atoms with Crippen molar-refractivity contribution in [3.8, 4) is 0 Å². The number of hydrogen-bond donors (Lipinski definition) is 2. The van der Waals surface area contributed by atoms with E-state index in [1.54, 1.807) is 19.2 Å². The molecule has 0 fully saturated rings. The fraction of sp³-hybridized carbons (Fsp3) is 0.455. The van der Waals surface area contributed by atoms with Gasteiger partial charge in [-0.05, 0) is 12.0 Å². The minimum Gasteiger partial charge on any atom is -0.481 e. The van der Waals surface area contributed by atoms with Gasteiger partial charge in [0, 0.05) is 19.5 Å². The highest BCUT2D eigenvalue weighted by Gasteiger charge is 2.18. The van der Waals surface area contributed by atoms with Gasteiger partial charge in [0.15, 0.2) is 12.2 Å². The van der Waals surface area contributed by atoms with Gasteiger partial charge in [-0.2, -0.15) is 0 Å². The van der Waals surface area contributed by atoms with Crippen LogP contribution in [0.4, 0.5) is 0 Å². The van der Waals surface area contributed by atoms with E-state index in [-0.39, 0.29) is 18.4 Å². The molecule has 1 aromatic heterocycles. The first-order chi connectivity index (χ1) is 8.04. The fourth-order valence-electron chi connectivity index (χ4n) is 1.37. The summed E-state index contributed by atoms with van der Waals surface area (Å²) in [5, 5.41) is 15.3. The van der Waals surface area contributed by atoms with Crippen molar-refractivity contribution in [1.29, 1.82) is 0 Å². The van der Waals surface area contributed by atoms with Gasteiger partial charge in [0.1, 0.15) is 12.6 Å². The van der Waals surface area contributed by atoms with Crippen molar-refractivity contribution in [3.05, 3.63) is 24.0 Å². The summed E-state index contributed by atoms with van der Waals surface area (Å²) in [7, 11) is 0. The topological polar surface area (TPSA) is 83.2 Å². The van der Waals surface area contributed by atoms with Gasteiger partial charge in [0.25, 0.3) is 5.91 Å². The van der Waals surface area contributed by atoms with E-state index in [9.17, 15) is 9.59 Å². The Bertz CT molecular complexity index is 403. The van der Waals surface area contributed by atoms with E-state index in [1.807, 2.05) is 6.92 Å². The monoisotopic (exact) mass is 238 g/mol. The van der Waals surface area contributed by atoms with Crippen LogP contribution >= 0.6 is 0 Å². The Hall–Kier alpha value is -1.98. The second-order valence-corrected chi connectivity index (χ2v) is 3.70. The predicted molar refractivity (Wildman–Crippen MR) is 59.4 cm³/mol. The quantitative estimate of drug-likeness (QED) is 0.715. The minimum atomic E-state index is -0.875. The van der Waals surface area contributed by atoms with Gasteiger partial charge in [-0.3, -0.25) is 9.59 Å². The zero-order chi connectivity index (χ0) is 12.8. The number of carbonyl (C=O) groups is 2. The van der Waals surface area contributed by atoms with Gasteiger partial charge in [-0.15, -0.1) is 0 Å². The zero-order valence-electron chi connectivity index (χ0n) is 9.88. The van der Waals surface area contributed by atoms with Crippen LogP contribution in [0.1, 0.15) is 36.7 Å². The molecule has 0 spiro atoms. The molecule has 92 valence electrons. The Labute approximate surface area is 99.3 Å². The van der Waals surface area contributed by atoms with E-state index in [0.717, 1.165) is 0 Å². The van der Waals surface area contributed by atoms with Crippen molar-refractivity contribution < 1.29 is 19.4 Å². The van der Waals surface area contributed by atoms with Gasteiger partial charge >= 0.3 is 5.97 Å². The number of carbonyl (C=O) groups excluding carboxylic acids is 1. The van der Waals surface area contributed by atoms with Crippen LogP contribution in [0.3, 0.4) is 0 Å². The number of aliphatic carboxylic acids is 1. The van der Waals surface area contributed by atoms with Crippen LogP contribution in [-0.4, -0.2) is 28.6 Å².